The Balaban J connectivity index is 2.36. The number of benzene rings is 1. The molecular weight excluding hydrogens is 321 g/mol. The zero-order valence-electron chi connectivity index (χ0n) is 11.0. The first-order chi connectivity index (χ1) is 10.3. The highest BCUT2D eigenvalue weighted by molar-refractivity contribution is 6.62. The van der Waals surface area contributed by atoms with Gasteiger partial charge in [0.05, 0.1) is 5.56 Å². The minimum Gasteiger partial charge on any atom is -0.488 e. The minimum atomic E-state index is -4.69. The molecule has 0 aliphatic carbocycles. The molecule has 4 nitrogen and oxygen atoms in total. The lowest BCUT2D eigenvalue weighted by Gasteiger charge is -2.16. The molecule has 0 unspecified atom stereocenters. The first-order valence-corrected chi connectivity index (χ1v) is 6.45. The van der Waals surface area contributed by atoms with E-state index >= 15 is 0 Å². The van der Waals surface area contributed by atoms with Crippen LogP contribution in [-0.4, -0.2) is 22.2 Å². The van der Waals surface area contributed by atoms with Crippen molar-refractivity contribution in [1.29, 1.82) is 0 Å². The molecule has 0 spiro atoms. The maximum Gasteiger partial charge on any atom is 0.490 e. The fraction of sp³-hybridized carbons (Fsp3) is 0.154. The smallest absolute Gasteiger partial charge is 0.488 e. The Morgan fingerprint density at radius 3 is 2.55 bits per heavy atom. The molecule has 2 N–H and O–H groups in total. The predicted octanol–water partition coefficient (Wildman–Crippen LogP) is 2.01. The van der Waals surface area contributed by atoms with Crippen LogP contribution in [0.4, 0.5) is 13.2 Å². The van der Waals surface area contributed by atoms with Crippen molar-refractivity contribution in [3.05, 3.63) is 52.8 Å². The molecule has 0 amide bonds. The normalized spacial score (nSPS) is 11.4. The number of pyridine rings is 1. The van der Waals surface area contributed by atoms with E-state index in [1.165, 1.54) is 12.4 Å². The van der Waals surface area contributed by atoms with Gasteiger partial charge < -0.3 is 14.8 Å². The van der Waals surface area contributed by atoms with Crippen LogP contribution in [0.2, 0.25) is 5.02 Å². The van der Waals surface area contributed by atoms with E-state index in [-0.39, 0.29) is 12.1 Å². The number of rotatable bonds is 4. The van der Waals surface area contributed by atoms with Gasteiger partial charge in [0.1, 0.15) is 12.4 Å². The van der Waals surface area contributed by atoms with E-state index < -0.39 is 29.6 Å². The van der Waals surface area contributed by atoms with Crippen molar-refractivity contribution in [3.63, 3.8) is 0 Å². The van der Waals surface area contributed by atoms with Gasteiger partial charge in [0.15, 0.2) is 0 Å². The van der Waals surface area contributed by atoms with Crippen LogP contribution in [0, 0.1) is 0 Å². The highest BCUT2D eigenvalue weighted by atomic mass is 35.5. The van der Waals surface area contributed by atoms with Crippen LogP contribution in [-0.2, 0) is 12.8 Å². The van der Waals surface area contributed by atoms with E-state index in [9.17, 15) is 13.2 Å². The monoisotopic (exact) mass is 331 g/mol. The van der Waals surface area contributed by atoms with Gasteiger partial charge in [-0.25, -0.2) is 0 Å². The molecule has 2 rings (SSSR count). The van der Waals surface area contributed by atoms with E-state index in [4.69, 9.17) is 26.4 Å². The average Bonchev–Trinajstić information content (AvgIpc) is 2.45. The molecule has 0 aliphatic rings. The molecule has 0 fully saturated rings. The van der Waals surface area contributed by atoms with Gasteiger partial charge in [-0.05, 0) is 18.2 Å². The van der Waals surface area contributed by atoms with Crippen molar-refractivity contribution < 1.29 is 28.0 Å². The molecule has 116 valence electrons. The van der Waals surface area contributed by atoms with Crippen molar-refractivity contribution >= 4 is 24.2 Å². The number of alkyl halides is 3. The molecule has 2 aromatic rings. The lowest BCUT2D eigenvalue weighted by molar-refractivity contribution is -0.139. The van der Waals surface area contributed by atoms with Gasteiger partial charge in [0.25, 0.3) is 0 Å². The van der Waals surface area contributed by atoms with Crippen LogP contribution >= 0.6 is 11.6 Å². The van der Waals surface area contributed by atoms with Gasteiger partial charge in [-0.1, -0.05) is 17.7 Å². The lowest BCUT2D eigenvalue weighted by atomic mass is 9.79. The Kier molecular flexibility index (Phi) is 4.95. The molecule has 0 saturated heterocycles. The molecule has 1 aromatic heterocycles. The van der Waals surface area contributed by atoms with E-state index in [2.05, 4.69) is 4.98 Å². The number of aromatic nitrogens is 1. The second-order valence-electron chi connectivity index (χ2n) is 4.39. The van der Waals surface area contributed by atoms with Gasteiger partial charge in [0.2, 0.25) is 0 Å². The first-order valence-electron chi connectivity index (χ1n) is 6.07. The summed E-state index contributed by atoms with van der Waals surface area (Å²) in [5.41, 5.74) is -0.793. The van der Waals surface area contributed by atoms with E-state index in [0.29, 0.717) is 11.6 Å². The zero-order valence-corrected chi connectivity index (χ0v) is 11.8. The van der Waals surface area contributed by atoms with Crippen molar-refractivity contribution in [1.82, 2.24) is 4.98 Å². The molecule has 9 heteroatoms. The number of nitrogens with zero attached hydrogens (tertiary/aromatic N) is 1. The fourth-order valence-corrected chi connectivity index (χ4v) is 2.01. The first kappa shape index (κ1) is 16.6. The predicted molar refractivity (Wildman–Crippen MR) is 74.8 cm³/mol. The molecule has 0 atom stereocenters. The Bertz CT molecular complexity index is 653. The topological polar surface area (TPSA) is 62.6 Å². The summed E-state index contributed by atoms with van der Waals surface area (Å²) in [5.74, 6) is -0.538. The largest absolute Gasteiger partial charge is 0.490 e. The van der Waals surface area contributed by atoms with Crippen molar-refractivity contribution in [2.75, 3.05) is 0 Å². The highest BCUT2D eigenvalue weighted by Crippen LogP contribution is 2.37. The summed E-state index contributed by atoms with van der Waals surface area (Å²) in [5, 5.41) is 17.9. The number of hydrogen-bond donors (Lipinski definition) is 2. The summed E-state index contributed by atoms with van der Waals surface area (Å²) in [6.45, 7) is -0.153. The summed E-state index contributed by atoms with van der Waals surface area (Å²) in [6.07, 6.45) is -1.72. The second-order valence-corrected chi connectivity index (χ2v) is 4.80. The van der Waals surface area contributed by atoms with Crippen molar-refractivity contribution in [2.45, 2.75) is 12.8 Å². The summed E-state index contributed by atoms with van der Waals surface area (Å²) in [6, 6.07) is 4.73. The van der Waals surface area contributed by atoms with E-state index in [0.717, 1.165) is 6.07 Å². The van der Waals surface area contributed by atoms with Crippen LogP contribution in [0.15, 0.2) is 36.7 Å². The maximum atomic E-state index is 13.0. The molecular formula is C13H10BClF3NO3. The third-order valence-electron chi connectivity index (χ3n) is 2.80. The summed E-state index contributed by atoms with van der Waals surface area (Å²) in [7, 11) is -2.00. The summed E-state index contributed by atoms with van der Waals surface area (Å²) < 4.78 is 44.2. The lowest BCUT2D eigenvalue weighted by Crippen LogP contribution is -2.31. The SMILES string of the molecule is OB(O)c1cc(OCc2cccnc2)c(C(F)(F)F)cc1Cl. The number of hydrogen-bond acceptors (Lipinski definition) is 4. The zero-order chi connectivity index (χ0) is 16.3. The van der Waals surface area contributed by atoms with Gasteiger partial charge in [0, 0.05) is 28.4 Å². The summed E-state index contributed by atoms with van der Waals surface area (Å²) in [4.78, 5) is 3.82. The van der Waals surface area contributed by atoms with Gasteiger partial charge in [-0.3, -0.25) is 4.98 Å². The molecule has 0 bridgehead atoms. The maximum absolute atomic E-state index is 13.0. The van der Waals surface area contributed by atoms with Crippen LogP contribution in [0.5, 0.6) is 5.75 Å². The molecule has 1 heterocycles. The quantitative estimate of drug-likeness (QED) is 0.842. The van der Waals surface area contributed by atoms with Crippen LogP contribution in [0.25, 0.3) is 0 Å². The van der Waals surface area contributed by atoms with Crippen molar-refractivity contribution in [3.8, 4) is 5.75 Å². The Hall–Kier alpha value is -1.77. The average molecular weight is 331 g/mol. The van der Waals surface area contributed by atoms with Gasteiger partial charge in [-0.2, -0.15) is 13.2 Å². The molecule has 0 saturated carbocycles. The van der Waals surface area contributed by atoms with Crippen LogP contribution < -0.4 is 10.2 Å². The highest BCUT2D eigenvalue weighted by Gasteiger charge is 2.36. The number of ether oxygens (including phenoxy) is 1. The Morgan fingerprint density at radius 2 is 2.00 bits per heavy atom. The number of halogens is 4. The fourth-order valence-electron chi connectivity index (χ4n) is 1.75. The van der Waals surface area contributed by atoms with E-state index in [1.807, 2.05) is 0 Å². The second kappa shape index (κ2) is 6.56. The third-order valence-corrected chi connectivity index (χ3v) is 3.13. The molecule has 0 radical (unpaired) electrons. The Labute approximate surface area is 129 Å². The standard InChI is InChI=1S/C13H10BClF3NO3/c15-11-4-9(13(16,17)18)12(5-10(11)14(20)21)22-7-8-2-1-3-19-6-8/h1-6,20-21H,7H2. The van der Waals surface area contributed by atoms with Crippen LogP contribution in [0.1, 0.15) is 11.1 Å². The Morgan fingerprint density at radius 1 is 1.27 bits per heavy atom. The van der Waals surface area contributed by atoms with Crippen LogP contribution in [0.3, 0.4) is 0 Å². The minimum absolute atomic E-state index is 0.153. The van der Waals surface area contributed by atoms with Gasteiger partial charge >= 0.3 is 13.3 Å². The molecule has 22 heavy (non-hydrogen) atoms. The van der Waals surface area contributed by atoms with Gasteiger partial charge in [-0.15, -0.1) is 0 Å². The third kappa shape index (κ3) is 3.91. The van der Waals surface area contributed by atoms with E-state index in [1.54, 1.807) is 12.1 Å². The molecule has 0 aliphatic heterocycles. The van der Waals surface area contributed by atoms with Crippen molar-refractivity contribution in [2.24, 2.45) is 0 Å². The summed E-state index contributed by atoms with van der Waals surface area (Å²) >= 11 is 5.63. The molecule has 1 aromatic carbocycles.